The molecule has 0 fully saturated rings. The second-order valence-electron chi connectivity index (χ2n) is 2.63. The van der Waals surface area contributed by atoms with Crippen molar-refractivity contribution in [3.63, 3.8) is 0 Å². The summed E-state index contributed by atoms with van der Waals surface area (Å²) in [5.41, 5.74) is 1.17. The fourth-order valence-electron chi connectivity index (χ4n) is 0.932. The number of terminal acetylenes is 1. The molecule has 0 unspecified atom stereocenters. The van der Waals surface area contributed by atoms with Crippen LogP contribution in [0.5, 0.6) is 0 Å². The molecule has 12 heavy (non-hydrogen) atoms. The number of imidazole rings is 1. The predicted octanol–water partition coefficient (Wildman–Crippen LogP) is 0.533. The number of aromatic nitrogens is 2. The van der Waals surface area contributed by atoms with E-state index in [0.29, 0.717) is 0 Å². The van der Waals surface area contributed by atoms with Crippen molar-refractivity contribution >= 4 is 0 Å². The summed E-state index contributed by atoms with van der Waals surface area (Å²) in [6, 6.07) is 0. The van der Waals surface area contributed by atoms with Crippen LogP contribution in [0.15, 0.2) is 12.5 Å². The second-order valence-corrected chi connectivity index (χ2v) is 2.63. The summed E-state index contributed by atoms with van der Waals surface area (Å²) < 4.78 is 1.99. The average molecular weight is 163 g/mol. The first-order chi connectivity index (χ1) is 5.84. The van der Waals surface area contributed by atoms with Crippen LogP contribution in [-0.2, 0) is 13.6 Å². The Hall–Kier alpha value is -1.27. The second kappa shape index (κ2) is 4.58. The Balaban J connectivity index is 2.25. The minimum atomic E-state index is 0.776. The van der Waals surface area contributed by atoms with E-state index in [4.69, 9.17) is 6.42 Å². The minimum absolute atomic E-state index is 0.776. The number of nitrogens with one attached hydrogen (secondary N) is 1. The fourth-order valence-corrected chi connectivity index (χ4v) is 0.932. The zero-order valence-electron chi connectivity index (χ0n) is 7.25. The van der Waals surface area contributed by atoms with Crippen LogP contribution in [-0.4, -0.2) is 16.1 Å². The zero-order valence-corrected chi connectivity index (χ0v) is 7.25. The summed E-state index contributed by atoms with van der Waals surface area (Å²) in [7, 11) is 1.98. The van der Waals surface area contributed by atoms with Crippen LogP contribution in [0.25, 0.3) is 0 Å². The van der Waals surface area contributed by atoms with Gasteiger partial charge in [-0.3, -0.25) is 0 Å². The first-order valence-electron chi connectivity index (χ1n) is 3.94. The molecule has 1 heterocycles. The Morgan fingerprint density at radius 1 is 1.75 bits per heavy atom. The molecule has 0 bridgehead atoms. The smallest absolute Gasteiger partial charge is 0.0945 e. The van der Waals surface area contributed by atoms with E-state index in [-0.39, 0.29) is 0 Å². The van der Waals surface area contributed by atoms with Gasteiger partial charge in [-0.05, 0) is 0 Å². The van der Waals surface area contributed by atoms with E-state index in [1.165, 1.54) is 5.69 Å². The number of hydrogen-bond acceptors (Lipinski definition) is 2. The van der Waals surface area contributed by atoms with Gasteiger partial charge in [-0.25, -0.2) is 4.98 Å². The van der Waals surface area contributed by atoms with E-state index in [9.17, 15) is 0 Å². The summed E-state index contributed by atoms with van der Waals surface area (Å²) in [6.07, 6.45) is 9.53. The van der Waals surface area contributed by atoms with E-state index >= 15 is 0 Å². The van der Waals surface area contributed by atoms with Gasteiger partial charge >= 0.3 is 0 Å². The quantitative estimate of drug-likeness (QED) is 0.518. The lowest BCUT2D eigenvalue weighted by Crippen LogP contribution is -2.15. The molecular weight excluding hydrogens is 150 g/mol. The van der Waals surface area contributed by atoms with Gasteiger partial charge in [0.25, 0.3) is 0 Å². The highest BCUT2D eigenvalue weighted by Gasteiger charge is 1.95. The van der Waals surface area contributed by atoms with Crippen LogP contribution >= 0.6 is 0 Å². The number of aryl methyl sites for hydroxylation is 1. The SMILES string of the molecule is C#CCCNCc1cncn1C. The molecule has 1 rings (SSSR count). The van der Waals surface area contributed by atoms with Crippen molar-refractivity contribution in [3.05, 3.63) is 18.2 Å². The highest BCUT2D eigenvalue weighted by atomic mass is 15.0. The molecule has 0 amide bonds. The molecule has 3 heteroatoms. The summed E-state index contributed by atoms with van der Waals surface area (Å²) in [4.78, 5) is 4.00. The Morgan fingerprint density at radius 2 is 2.58 bits per heavy atom. The highest BCUT2D eigenvalue weighted by Crippen LogP contribution is 1.94. The van der Waals surface area contributed by atoms with Crippen molar-refractivity contribution in [1.82, 2.24) is 14.9 Å². The Kier molecular flexibility index (Phi) is 3.36. The maximum absolute atomic E-state index is 5.11. The van der Waals surface area contributed by atoms with Gasteiger partial charge in [-0.2, -0.15) is 0 Å². The van der Waals surface area contributed by atoms with E-state index in [2.05, 4.69) is 16.2 Å². The normalized spacial score (nSPS) is 9.67. The summed E-state index contributed by atoms with van der Waals surface area (Å²) in [5, 5.41) is 3.23. The van der Waals surface area contributed by atoms with Crippen LogP contribution in [0.2, 0.25) is 0 Å². The monoisotopic (exact) mass is 163 g/mol. The molecule has 0 aliphatic rings. The summed E-state index contributed by atoms with van der Waals surface area (Å²) >= 11 is 0. The number of rotatable bonds is 4. The van der Waals surface area contributed by atoms with Crippen LogP contribution in [0.4, 0.5) is 0 Å². The lowest BCUT2D eigenvalue weighted by Gasteiger charge is -2.02. The van der Waals surface area contributed by atoms with E-state index in [1.807, 2.05) is 17.8 Å². The fraction of sp³-hybridized carbons (Fsp3) is 0.444. The maximum atomic E-state index is 5.11. The molecule has 3 nitrogen and oxygen atoms in total. The molecule has 0 saturated heterocycles. The van der Waals surface area contributed by atoms with Crippen molar-refractivity contribution in [2.45, 2.75) is 13.0 Å². The Labute approximate surface area is 72.8 Å². The van der Waals surface area contributed by atoms with E-state index in [1.54, 1.807) is 6.33 Å². The maximum Gasteiger partial charge on any atom is 0.0945 e. The third-order valence-corrected chi connectivity index (χ3v) is 1.67. The molecule has 64 valence electrons. The van der Waals surface area contributed by atoms with Crippen molar-refractivity contribution < 1.29 is 0 Å². The van der Waals surface area contributed by atoms with Crippen LogP contribution in [0, 0.1) is 12.3 Å². The van der Waals surface area contributed by atoms with Gasteiger partial charge in [0.05, 0.1) is 12.0 Å². The standard InChI is InChI=1S/C9H13N3/c1-3-4-5-10-6-9-7-11-8-12(9)2/h1,7-8,10H,4-6H2,2H3. The van der Waals surface area contributed by atoms with Crippen molar-refractivity contribution in [3.8, 4) is 12.3 Å². The predicted molar refractivity (Wildman–Crippen MR) is 48.4 cm³/mol. The van der Waals surface area contributed by atoms with Gasteiger partial charge in [0.2, 0.25) is 0 Å². The van der Waals surface area contributed by atoms with Gasteiger partial charge in [0.1, 0.15) is 0 Å². The molecule has 0 aliphatic heterocycles. The highest BCUT2D eigenvalue weighted by molar-refractivity contribution is 4.96. The topological polar surface area (TPSA) is 29.9 Å². The third kappa shape index (κ3) is 2.40. The summed E-state index contributed by atoms with van der Waals surface area (Å²) in [5.74, 6) is 2.58. The largest absolute Gasteiger partial charge is 0.337 e. The summed E-state index contributed by atoms with van der Waals surface area (Å²) in [6.45, 7) is 1.69. The van der Waals surface area contributed by atoms with Gasteiger partial charge in [-0.15, -0.1) is 12.3 Å². The molecule has 0 aliphatic carbocycles. The van der Waals surface area contributed by atoms with Gasteiger partial charge in [0, 0.05) is 32.8 Å². The lowest BCUT2D eigenvalue weighted by atomic mass is 10.4. The molecule has 1 N–H and O–H groups in total. The van der Waals surface area contributed by atoms with Gasteiger partial charge in [0.15, 0.2) is 0 Å². The molecular formula is C9H13N3. The Morgan fingerprint density at radius 3 is 3.17 bits per heavy atom. The minimum Gasteiger partial charge on any atom is -0.337 e. The van der Waals surface area contributed by atoms with E-state index < -0.39 is 0 Å². The zero-order chi connectivity index (χ0) is 8.81. The van der Waals surface area contributed by atoms with Gasteiger partial charge < -0.3 is 9.88 Å². The van der Waals surface area contributed by atoms with Crippen molar-refractivity contribution in [2.75, 3.05) is 6.54 Å². The van der Waals surface area contributed by atoms with Crippen molar-refractivity contribution in [2.24, 2.45) is 7.05 Å². The van der Waals surface area contributed by atoms with Crippen LogP contribution < -0.4 is 5.32 Å². The van der Waals surface area contributed by atoms with Gasteiger partial charge in [-0.1, -0.05) is 0 Å². The molecule has 0 saturated carbocycles. The lowest BCUT2D eigenvalue weighted by molar-refractivity contribution is 0.663. The first kappa shape index (κ1) is 8.82. The third-order valence-electron chi connectivity index (χ3n) is 1.67. The average Bonchev–Trinajstić information content (AvgIpc) is 2.46. The molecule has 1 aromatic rings. The number of hydrogen-bond donors (Lipinski definition) is 1. The molecule has 0 radical (unpaired) electrons. The molecule has 0 aromatic carbocycles. The molecule has 0 spiro atoms. The Bertz CT molecular complexity index is 270. The number of nitrogens with zero attached hydrogens (tertiary/aromatic N) is 2. The van der Waals surface area contributed by atoms with Crippen LogP contribution in [0.3, 0.4) is 0 Å². The first-order valence-corrected chi connectivity index (χ1v) is 3.94. The van der Waals surface area contributed by atoms with E-state index in [0.717, 1.165) is 19.5 Å². The van der Waals surface area contributed by atoms with Crippen LogP contribution in [0.1, 0.15) is 12.1 Å². The molecule has 0 atom stereocenters. The molecule has 1 aromatic heterocycles. The van der Waals surface area contributed by atoms with Crippen molar-refractivity contribution in [1.29, 1.82) is 0 Å².